The van der Waals surface area contributed by atoms with Gasteiger partial charge in [0.2, 0.25) is 0 Å². The molecule has 0 aromatic heterocycles. The predicted molar refractivity (Wildman–Crippen MR) is 52.9 cm³/mol. The van der Waals surface area contributed by atoms with Gasteiger partial charge in [0.05, 0.1) is 6.61 Å². The van der Waals surface area contributed by atoms with E-state index in [9.17, 15) is 4.79 Å². The number of amides is 1. The van der Waals surface area contributed by atoms with Crippen LogP contribution in [-0.4, -0.2) is 35.7 Å². The highest BCUT2D eigenvalue weighted by atomic mass is 16.6. The van der Waals surface area contributed by atoms with E-state index in [0.717, 1.165) is 25.7 Å². The maximum Gasteiger partial charge on any atom is 0.410 e. The van der Waals surface area contributed by atoms with E-state index in [-0.39, 0.29) is 12.1 Å². The summed E-state index contributed by atoms with van der Waals surface area (Å²) in [5.74, 6) is 0. The summed E-state index contributed by atoms with van der Waals surface area (Å²) >= 11 is 0. The van der Waals surface area contributed by atoms with Gasteiger partial charge in [-0.2, -0.15) is 0 Å². The lowest BCUT2D eigenvalue weighted by Crippen LogP contribution is -2.50. The van der Waals surface area contributed by atoms with Crippen LogP contribution in [0.5, 0.6) is 0 Å². The Morgan fingerprint density at radius 1 is 1.43 bits per heavy atom. The van der Waals surface area contributed by atoms with Crippen molar-refractivity contribution in [3.8, 4) is 0 Å². The van der Waals surface area contributed by atoms with E-state index < -0.39 is 0 Å². The fourth-order valence-corrected chi connectivity index (χ4v) is 2.72. The first-order valence-electron chi connectivity index (χ1n) is 5.43. The number of fused-ring (bicyclic) bond motifs is 2. The van der Waals surface area contributed by atoms with Gasteiger partial charge in [0, 0.05) is 18.1 Å². The van der Waals surface area contributed by atoms with Crippen molar-refractivity contribution in [1.29, 1.82) is 0 Å². The molecule has 4 heteroatoms. The van der Waals surface area contributed by atoms with Crippen LogP contribution in [0.1, 0.15) is 32.6 Å². The smallest absolute Gasteiger partial charge is 0.410 e. The lowest BCUT2D eigenvalue weighted by atomic mass is 9.99. The number of piperidine rings is 1. The van der Waals surface area contributed by atoms with Gasteiger partial charge >= 0.3 is 6.09 Å². The van der Waals surface area contributed by atoms with Crippen molar-refractivity contribution in [1.82, 2.24) is 4.90 Å². The second kappa shape index (κ2) is 3.77. The molecular formula is C10H18N2O2. The van der Waals surface area contributed by atoms with Crippen LogP contribution in [-0.2, 0) is 4.74 Å². The lowest BCUT2D eigenvalue weighted by molar-refractivity contribution is 0.0696. The summed E-state index contributed by atoms with van der Waals surface area (Å²) in [6.07, 6.45) is 3.92. The molecule has 1 amide bonds. The first-order valence-corrected chi connectivity index (χ1v) is 5.43. The molecule has 0 spiro atoms. The summed E-state index contributed by atoms with van der Waals surface area (Å²) in [5, 5.41) is 0. The van der Waals surface area contributed by atoms with Crippen LogP contribution < -0.4 is 5.73 Å². The van der Waals surface area contributed by atoms with Crippen molar-refractivity contribution in [2.45, 2.75) is 50.7 Å². The third-order valence-electron chi connectivity index (χ3n) is 3.25. The van der Waals surface area contributed by atoms with Crippen molar-refractivity contribution in [3.05, 3.63) is 0 Å². The Bertz CT molecular complexity index is 218. The van der Waals surface area contributed by atoms with Crippen LogP contribution in [0, 0.1) is 0 Å². The molecule has 0 aliphatic carbocycles. The van der Waals surface area contributed by atoms with Crippen molar-refractivity contribution in [2.75, 3.05) is 6.61 Å². The normalized spacial score (nSPS) is 35.9. The van der Waals surface area contributed by atoms with Crippen molar-refractivity contribution in [2.24, 2.45) is 5.73 Å². The maximum atomic E-state index is 11.6. The van der Waals surface area contributed by atoms with Gasteiger partial charge in [0.1, 0.15) is 0 Å². The van der Waals surface area contributed by atoms with Crippen LogP contribution in [0.25, 0.3) is 0 Å². The minimum absolute atomic E-state index is 0.146. The quantitative estimate of drug-likeness (QED) is 0.686. The first kappa shape index (κ1) is 9.77. The highest BCUT2D eigenvalue weighted by Crippen LogP contribution is 2.35. The molecule has 0 saturated carbocycles. The number of rotatable bonds is 1. The van der Waals surface area contributed by atoms with E-state index in [0.29, 0.717) is 18.7 Å². The third kappa shape index (κ3) is 1.59. The fourth-order valence-electron chi connectivity index (χ4n) is 2.72. The zero-order valence-corrected chi connectivity index (χ0v) is 8.61. The number of hydrogen-bond acceptors (Lipinski definition) is 3. The molecule has 2 bridgehead atoms. The van der Waals surface area contributed by atoms with Gasteiger partial charge in [-0.3, -0.25) is 0 Å². The molecule has 2 aliphatic rings. The molecule has 2 heterocycles. The van der Waals surface area contributed by atoms with Gasteiger partial charge in [0.25, 0.3) is 0 Å². The first-order chi connectivity index (χ1) is 6.72. The molecule has 2 N–H and O–H groups in total. The minimum atomic E-state index is -0.146. The summed E-state index contributed by atoms with van der Waals surface area (Å²) < 4.78 is 5.04. The van der Waals surface area contributed by atoms with E-state index in [1.165, 1.54) is 0 Å². The van der Waals surface area contributed by atoms with Gasteiger partial charge in [-0.1, -0.05) is 0 Å². The molecule has 0 aromatic carbocycles. The van der Waals surface area contributed by atoms with Crippen molar-refractivity contribution < 1.29 is 9.53 Å². The SMILES string of the molecule is CCOC(=O)N1[C@@H]2CC[C@H]1C[C@H](N)C2. The minimum Gasteiger partial charge on any atom is -0.450 e. The number of nitrogens with zero attached hydrogens (tertiary/aromatic N) is 1. The van der Waals surface area contributed by atoms with Gasteiger partial charge < -0.3 is 15.4 Å². The Labute approximate surface area is 84.4 Å². The van der Waals surface area contributed by atoms with E-state index in [1.807, 2.05) is 11.8 Å². The highest BCUT2D eigenvalue weighted by molar-refractivity contribution is 5.69. The van der Waals surface area contributed by atoms with Crippen molar-refractivity contribution in [3.63, 3.8) is 0 Å². The predicted octanol–water partition coefficient (Wildman–Crippen LogP) is 1.10. The fraction of sp³-hybridized carbons (Fsp3) is 0.900. The second-order valence-corrected chi connectivity index (χ2v) is 4.22. The molecule has 14 heavy (non-hydrogen) atoms. The lowest BCUT2D eigenvalue weighted by Gasteiger charge is -2.36. The van der Waals surface area contributed by atoms with Gasteiger partial charge in [0.15, 0.2) is 0 Å². The van der Waals surface area contributed by atoms with Crippen LogP contribution in [0.2, 0.25) is 0 Å². The number of nitrogens with two attached hydrogens (primary N) is 1. The monoisotopic (exact) mass is 198 g/mol. The molecule has 80 valence electrons. The van der Waals surface area contributed by atoms with E-state index in [1.54, 1.807) is 0 Å². The summed E-state index contributed by atoms with van der Waals surface area (Å²) in [4.78, 5) is 13.5. The van der Waals surface area contributed by atoms with E-state index >= 15 is 0 Å². The Hall–Kier alpha value is -0.770. The van der Waals surface area contributed by atoms with Crippen molar-refractivity contribution >= 4 is 6.09 Å². The van der Waals surface area contributed by atoms with E-state index in [2.05, 4.69) is 0 Å². The Kier molecular flexibility index (Phi) is 2.63. The number of carbonyl (C=O) groups excluding carboxylic acids is 1. The van der Waals surface area contributed by atoms with Crippen LogP contribution in [0.15, 0.2) is 0 Å². The molecule has 4 nitrogen and oxygen atoms in total. The van der Waals surface area contributed by atoms with Gasteiger partial charge in [-0.25, -0.2) is 4.79 Å². The van der Waals surface area contributed by atoms with Gasteiger partial charge in [-0.05, 0) is 32.6 Å². The second-order valence-electron chi connectivity index (χ2n) is 4.22. The van der Waals surface area contributed by atoms with E-state index in [4.69, 9.17) is 10.5 Å². The zero-order chi connectivity index (χ0) is 10.1. The Balaban J connectivity index is 2.03. The van der Waals surface area contributed by atoms with Gasteiger partial charge in [-0.15, -0.1) is 0 Å². The molecule has 0 unspecified atom stereocenters. The largest absolute Gasteiger partial charge is 0.450 e. The molecule has 2 aliphatic heterocycles. The summed E-state index contributed by atoms with van der Waals surface area (Å²) in [6.45, 7) is 2.30. The third-order valence-corrected chi connectivity index (χ3v) is 3.25. The molecule has 0 aromatic rings. The summed E-state index contributed by atoms with van der Waals surface area (Å²) in [6, 6.07) is 0.948. The van der Waals surface area contributed by atoms with Crippen LogP contribution in [0.4, 0.5) is 4.79 Å². The molecule has 2 rings (SSSR count). The Morgan fingerprint density at radius 3 is 2.50 bits per heavy atom. The Morgan fingerprint density at radius 2 is 2.00 bits per heavy atom. The average Bonchev–Trinajstić information content (AvgIpc) is 2.39. The topological polar surface area (TPSA) is 55.6 Å². The molecule has 2 fully saturated rings. The summed E-state index contributed by atoms with van der Waals surface area (Å²) in [7, 11) is 0. The zero-order valence-electron chi connectivity index (χ0n) is 8.61. The standard InChI is InChI=1S/C10H18N2O2/c1-2-14-10(13)12-8-3-4-9(12)6-7(11)5-8/h7-9H,2-6,11H2,1H3/t7-,8-,9+. The number of hydrogen-bond donors (Lipinski definition) is 1. The average molecular weight is 198 g/mol. The van der Waals surface area contributed by atoms with Crippen LogP contribution >= 0.6 is 0 Å². The molecule has 0 radical (unpaired) electrons. The van der Waals surface area contributed by atoms with Crippen LogP contribution in [0.3, 0.4) is 0 Å². The number of ether oxygens (including phenoxy) is 1. The molecular weight excluding hydrogens is 180 g/mol. The number of carbonyl (C=O) groups is 1. The highest BCUT2D eigenvalue weighted by Gasteiger charge is 2.42. The summed E-state index contributed by atoms with van der Waals surface area (Å²) in [5.41, 5.74) is 5.91. The maximum absolute atomic E-state index is 11.6. The molecule has 2 saturated heterocycles. The molecule has 3 atom stereocenters.